The molecule has 0 spiro atoms. The first-order valence-electron chi connectivity index (χ1n) is 6.06. The van der Waals surface area contributed by atoms with Gasteiger partial charge < -0.3 is 0 Å². The summed E-state index contributed by atoms with van der Waals surface area (Å²) in [5, 5.41) is 1.93. The van der Waals surface area contributed by atoms with Crippen LogP contribution in [0.1, 0.15) is 20.8 Å². The zero-order chi connectivity index (χ0) is 13.8. The fraction of sp³-hybridized carbons (Fsp3) is 0.267. The molecule has 0 amide bonds. The molecule has 2 aromatic rings. The number of carbonyl (C=O) groups excluding carboxylic acids is 1. The minimum Gasteiger partial charge on any atom is -0.295 e. The second kappa shape index (κ2) is 6.46. The molecule has 4 heteroatoms. The van der Waals surface area contributed by atoms with Crippen LogP contribution in [0.3, 0.4) is 0 Å². The van der Waals surface area contributed by atoms with Crippen molar-refractivity contribution in [1.82, 2.24) is 4.90 Å². The molecule has 0 unspecified atom stereocenters. The molecule has 1 heterocycles. The zero-order valence-electron chi connectivity index (χ0n) is 11.0. The number of carbonyl (C=O) groups is 1. The average molecular weight is 338 g/mol. The molecule has 0 N–H and O–H groups in total. The summed E-state index contributed by atoms with van der Waals surface area (Å²) in [6.07, 6.45) is 0. The molecule has 0 bridgehead atoms. The summed E-state index contributed by atoms with van der Waals surface area (Å²) in [7, 11) is 1.97. The maximum Gasteiger partial charge on any atom is 0.187 e. The van der Waals surface area contributed by atoms with Crippen molar-refractivity contribution < 1.29 is 4.79 Å². The number of Topliss-reactive ketones (excluding diaryl/α,β-unsaturated/α-hetero) is 1. The number of halogens is 1. The third-order valence-electron chi connectivity index (χ3n) is 2.82. The van der Waals surface area contributed by atoms with Crippen molar-refractivity contribution in [3.8, 4) is 0 Å². The van der Waals surface area contributed by atoms with Crippen LogP contribution < -0.4 is 0 Å². The number of hydrogen-bond donors (Lipinski definition) is 0. The van der Waals surface area contributed by atoms with Crippen molar-refractivity contribution in [2.45, 2.75) is 13.5 Å². The summed E-state index contributed by atoms with van der Waals surface area (Å²) >= 11 is 4.89. The molecule has 19 heavy (non-hydrogen) atoms. The fourth-order valence-electron chi connectivity index (χ4n) is 1.99. The number of rotatable bonds is 5. The molecule has 2 rings (SSSR count). The molecule has 0 saturated heterocycles. The van der Waals surface area contributed by atoms with Gasteiger partial charge in [-0.15, -0.1) is 11.3 Å². The van der Waals surface area contributed by atoms with Crippen molar-refractivity contribution in [2.75, 3.05) is 13.6 Å². The quantitative estimate of drug-likeness (QED) is 0.764. The summed E-state index contributed by atoms with van der Waals surface area (Å²) < 4.78 is 0.895. The Labute approximate surface area is 126 Å². The highest BCUT2D eigenvalue weighted by Gasteiger charge is 2.14. The van der Waals surface area contributed by atoms with Gasteiger partial charge in [-0.25, -0.2) is 0 Å². The highest BCUT2D eigenvalue weighted by molar-refractivity contribution is 9.10. The van der Waals surface area contributed by atoms with E-state index in [4.69, 9.17) is 0 Å². The lowest BCUT2D eigenvalue weighted by molar-refractivity contribution is 0.0946. The number of ketones is 1. The van der Waals surface area contributed by atoms with Gasteiger partial charge in [0, 0.05) is 11.0 Å². The van der Waals surface area contributed by atoms with Gasteiger partial charge in [-0.05, 0) is 46.9 Å². The number of likely N-dealkylation sites (N-methyl/N-ethyl adjacent to an activating group) is 1. The van der Waals surface area contributed by atoms with Gasteiger partial charge in [0.1, 0.15) is 0 Å². The molecule has 0 atom stereocenters. The van der Waals surface area contributed by atoms with E-state index in [9.17, 15) is 4.79 Å². The standard InChI is InChI=1S/C15H16BrNOS/c1-11-4-3-5-12(8-11)9-17(2)10-14(18)15-13(16)6-7-19-15/h3-8H,9-10H2,1-2H3. The lowest BCUT2D eigenvalue weighted by Gasteiger charge is -2.15. The number of thiophene rings is 1. The molecular formula is C15H16BrNOS. The van der Waals surface area contributed by atoms with Crippen LogP contribution in [0.15, 0.2) is 40.2 Å². The number of nitrogens with zero attached hydrogens (tertiary/aromatic N) is 1. The first-order chi connectivity index (χ1) is 9.06. The fourth-order valence-corrected chi connectivity index (χ4v) is 3.51. The van der Waals surface area contributed by atoms with E-state index in [1.165, 1.54) is 22.5 Å². The van der Waals surface area contributed by atoms with Crippen LogP contribution in [-0.4, -0.2) is 24.3 Å². The first-order valence-corrected chi connectivity index (χ1v) is 7.74. The van der Waals surface area contributed by atoms with E-state index in [1.54, 1.807) is 0 Å². The molecule has 1 aromatic carbocycles. The molecule has 0 aliphatic carbocycles. The molecule has 100 valence electrons. The van der Waals surface area contributed by atoms with E-state index in [-0.39, 0.29) is 5.78 Å². The molecular weight excluding hydrogens is 322 g/mol. The molecule has 0 saturated carbocycles. The first kappa shape index (κ1) is 14.4. The van der Waals surface area contributed by atoms with E-state index < -0.39 is 0 Å². The van der Waals surface area contributed by atoms with Crippen molar-refractivity contribution in [2.24, 2.45) is 0 Å². The van der Waals surface area contributed by atoms with Gasteiger partial charge in [-0.1, -0.05) is 29.8 Å². The normalized spacial score (nSPS) is 10.9. The van der Waals surface area contributed by atoms with Gasteiger partial charge in [0.2, 0.25) is 0 Å². The Bertz CT molecular complexity index is 579. The van der Waals surface area contributed by atoms with Crippen molar-refractivity contribution in [3.63, 3.8) is 0 Å². The molecule has 0 fully saturated rings. The maximum atomic E-state index is 12.1. The topological polar surface area (TPSA) is 20.3 Å². The Hall–Kier alpha value is -0.970. The second-order valence-electron chi connectivity index (χ2n) is 4.68. The summed E-state index contributed by atoms with van der Waals surface area (Å²) in [5.41, 5.74) is 2.48. The molecule has 0 radical (unpaired) electrons. The molecule has 1 aromatic heterocycles. The van der Waals surface area contributed by atoms with Crippen LogP contribution in [0.4, 0.5) is 0 Å². The highest BCUT2D eigenvalue weighted by Crippen LogP contribution is 2.23. The monoisotopic (exact) mass is 337 g/mol. The minimum absolute atomic E-state index is 0.164. The highest BCUT2D eigenvalue weighted by atomic mass is 79.9. The van der Waals surface area contributed by atoms with Gasteiger partial charge in [-0.2, -0.15) is 0 Å². The van der Waals surface area contributed by atoms with Crippen molar-refractivity contribution in [3.05, 3.63) is 56.2 Å². The average Bonchev–Trinajstić information content (AvgIpc) is 2.75. The third kappa shape index (κ3) is 4.00. The maximum absolute atomic E-state index is 12.1. The van der Waals surface area contributed by atoms with Crippen LogP contribution in [-0.2, 0) is 6.54 Å². The predicted octanol–water partition coefficient (Wildman–Crippen LogP) is 4.13. The van der Waals surface area contributed by atoms with Crippen LogP contribution in [0.5, 0.6) is 0 Å². The molecule has 2 nitrogen and oxygen atoms in total. The van der Waals surface area contributed by atoms with Gasteiger partial charge in [-0.3, -0.25) is 9.69 Å². The van der Waals surface area contributed by atoms with Crippen LogP contribution in [0.25, 0.3) is 0 Å². The Balaban J connectivity index is 1.96. The van der Waals surface area contributed by atoms with E-state index in [0.29, 0.717) is 6.54 Å². The Morgan fingerprint density at radius 2 is 2.16 bits per heavy atom. The second-order valence-corrected chi connectivity index (χ2v) is 6.45. The lowest BCUT2D eigenvalue weighted by Crippen LogP contribution is -2.25. The zero-order valence-corrected chi connectivity index (χ0v) is 13.4. The Kier molecular flexibility index (Phi) is 4.91. The summed E-state index contributed by atoms with van der Waals surface area (Å²) in [4.78, 5) is 15.0. The van der Waals surface area contributed by atoms with Gasteiger partial charge in [0.25, 0.3) is 0 Å². The summed E-state index contributed by atoms with van der Waals surface area (Å²) in [5.74, 6) is 0.164. The van der Waals surface area contributed by atoms with Gasteiger partial charge in [0.05, 0.1) is 11.4 Å². The number of aryl methyl sites for hydroxylation is 1. The summed E-state index contributed by atoms with van der Waals surface area (Å²) in [6, 6.07) is 10.3. The van der Waals surface area contributed by atoms with E-state index >= 15 is 0 Å². The number of hydrogen-bond acceptors (Lipinski definition) is 3. The largest absolute Gasteiger partial charge is 0.295 e. The van der Waals surface area contributed by atoms with Crippen LogP contribution >= 0.6 is 27.3 Å². The Morgan fingerprint density at radius 3 is 2.79 bits per heavy atom. The lowest BCUT2D eigenvalue weighted by atomic mass is 10.1. The van der Waals surface area contributed by atoms with E-state index in [1.807, 2.05) is 23.4 Å². The molecule has 0 aliphatic heterocycles. The van der Waals surface area contributed by atoms with Gasteiger partial charge >= 0.3 is 0 Å². The summed E-state index contributed by atoms with van der Waals surface area (Å²) in [6.45, 7) is 3.31. The van der Waals surface area contributed by atoms with E-state index in [2.05, 4.69) is 47.1 Å². The van der Waals surface area contributed by atoms with Gasteiger partial charge in [0.15, 0.2) is 5.78 Å². The van der Waals surface area contributed by atoms with Crippen molar-refractivity contribution >= 4 is 33.0 Å². The van der Waals surface area contributed by atoms with Crippen molar-refractivity contribution in [1.29, 1.82) is 0 Å². The predicted molar refractivity (Wildman–Crippen MR) is 83.9 cm³/mol. The van der Waals surface area contributed by atoms with Crippen LogP contribution in [0, 0.1) is 6.92 Å². The third-order valence-corrected chi connectivity index (χ3v) is 4.70. The smallest absolute Gasteiger partial charge is 0.187 e. The minimum atomic E-state index is 0.164. The number of benzene rings is 1. The molecule has 0 aliphatic rings. The van der Waals surface area contributed by atoms with E-state index in [0.717, 1.165) is 15.9 Å². The van der Waals surface area contributed by atoms with Crippen LogP contribution in [0.2, 0.25) is 0 Å². The Morgan fingerprint density at radius 1 is 1.37 bits per heavy atom. The SMILES string of the molecule is Cc1cccc(CN(C)CC(=O)c2sccc2Br)c1.